The van der Waals surface area contributed by atoms with Crippen LogP contribution in [0.4, 0.5) is 0 Å². The summed E-state index contributed by atoms with van der Waals surface area (Å²) in [6.07, 6.45) is 5.25. The smallest absolute Gasteiger partial charge is 0.111 e. The highest BCUT2D eigenvalue weighted by atomic mass is 79.9. The fourth-order valence-electron chi connectivity index (χ4n) is 1.43. The Balaban J connectivity index is 4.04. The molecule has 0 saturated carbocycles. The zero-order chi connectivity index (χ0) is 11.9. The van der Waals surface area contributed by atoms with Crippen molar-refractivity contribution in [3.05, 3.63) is 0 Å². The maximum absolute atomic E-state index is 3.94. The van der Waals surface area contributed by atoms with Gasteiger partial charge < -0.3 is 0 Å². The molecule has 0 aromatic heterocycles. The minimum absolute atomic E-state index is 1.29. The first-order valence-corrected chi connectivity index (χ1v) is 19.4. The summed E-state index contributed by atoms with van der Waals surface area (Å²) in [6, 6.07) is 2.67. The van der Waals surface area contributed by atoms with Gasteiger partial charge in [-0.05, 0) is 17.8 Å². The molecule has 0 heterocycles. The van der Waals surface area contributed by atoms with Gasteiger partial charge in [0.15, 0.2) is 10.6 Å². The number of halogens is 4. The van der Waals surface area contributed by atoms with Gasteiger partial charge in [-0.15, -0.1) is 61.2 Å². The molecule has 0 spiro atoms. The highest BCUT2D eigenvalue weighted by molar-refractivity contribution is 9.53. The molecule has 0 nitrogen and oxygen atoms in total. The molecule has 0 rings (SSSR count). The highest BCUT2D eigenvalue weighted by Gasteiger charge is 2.38. The van der Waals surface area contributed by atoms with Crippen LogP contribution in [0.25, 0.3) is 0 Å². The van der Waals surface area contributed by atoms with Gasteiger partial charge in [0, 0.05) is 0 Å². The molecule has 0 fully saturated rings. The fraction of sp³-hybridized carbons (Fsp3) is 1.00. The van der Waals surface area contributed by atoms with Crippen LogP contribution >= 0.6 is 61.2 Å². The van der Waals surface area contributed by atoms with E-state index in [1.54, 1.807) is 0 Å². The molecule has 15 heavy (non-hydrogen) atoms. The quantitative estimate of drug-likeness (QED) is 0.259. The van der Waals surface area contributed by atoms with Gasteiger partial charge in [0.25, 0.3) is 0 Å². The predicted molar refractivity (Wildman–Crippen MR) is 91.5 cm³/mol. The van der Waals surface area contributed by atoms with Gasteiger partial charge in [0.05, 0.1) is 0 Å². The molecule has 0 unspecified atom stereocenters. The SMILES string of the molecule is CCCC[Si](Br)(Br)C[Si](Br)(Br)CCCC. The van der Waals surface area contributed by atoms with Gasteiger partial charge in [0.2, 0.25) is 0 Å². The summed E-state index contributed by atoms with van der Waals surface area (Å²) in [5, 5.41) is -2.63. The molecule has 0 radical (unpaired) electrons. The summed E-state index contributed by atoms with van der Waals surface area (Å²) in [5.41, 5.74) is 1.32. The third-order valence-corrected chi connectivity index (χ3v) is 23.5. The van der Waals surface area contributed by atoms with Crippen LogP contribution in [-0.4, -0.2) is 10.6 Å². The van der Waals surface area contributed by atoms with Gasteiger partial charge in [-0.1, -0.05) is 39.5 Å². The molecule has 92 valence electrons. The van der Waals surface area contributed by atoms with Crippen LogP contribution in [0.3, 0.4) is 0 Å². The first-order valence-electron chi connectivity index (χ1n) is 5.58. The van der Waals surface area contributed by atoms with E-state index in [1.165, 1.54) is 43.4 Å². The summed E-state index contributed by atoms with van der Waals surface area (Å²) in [7, 11) is 0. The van der Waals surface area contributed by atoms with Gasteiger partial charge in [-0.2, -0.15) is 0 Å². The standard InChI is InChI=1S/C9H20Br4Si2/c1-3-5-7-14(10,11)9-15(12,13)8-6-4-2/h3-9H2,1-2H3. The molecular weight excluding hydrogens is 484 g/mol. The van der Waals surface area contributed by atoms with E-state index in [4.69, 9.17) is 0 Å². The van der Waals surface area contributed by atoms with Gasteiger partial charge in [-0.25, -0.2) is 0 Å². The summed E-state index contributed by atoms with van der Waals surface area (Å²) in [4.78, 5) is 0. The van der Waals surface area contributed by atoms with E-state index in [0.29, 0.717) is 0 Å². The highest BCUT2D eigenvalue weighted by Crippen LogP contribution is 2.42. The Morgan fingerprint density at radius 3 is 1.33 bits per heavy atom. The van der Waals surface area contributed by atoms with Crippen LogP contribution < -0.4 is 0 Å². The molecule has 0 N–H and O–H groups in total. The first-order chi connectivity index (χ1) is 6.83. The Morgan fingerprint density at radius 1 is 0.733 bits per heavy atom. The Bertz CT molecular complexity index is 155. The normalized spacial score (nSPS) is 13.2. The number of hydrogen-bond acceptors (Lipinski definition) is 0. The lowest BCUT2D eigenvalue weighted by atomic mass is 10.4. The monoisotopic (exact) mass is 500 g/mol. The zero-order valence-electron chi connectivity index (χ0n) is 9.46. The number of unbranched alkanes of at least 4 members (excludes halogenated alkanes) is 2. The van der Waals surface area contributed by atoms with Crippen molar-refractivity contribution in [2.45, 2.75) is 57.3 Å². The average Bonchev–Trinajstić information content (AvgIpc) is 2.10. The Morgan fingerprint density at radius 2 is 1.07 bits per heavy atom. The third kappa shape index (κ3) is 10.0. The van der Waals surface area contributed by atoms with Crippen molar-refractivity contribution < 1.29 is 0 Å². The van der Waals surface area contributed by atoms with Crippen molar-refractivity contribution in [1.82, 2.24) is 0 Å². The molecule has 6 heteroatoms. The molecule has 0 aromatic carbocycles. The molecule has 0 bridgehead atoms. The first kappa shape index (κ1) is 17.4. The second-order valence-electron chi connectivity index (χ2n) is 4.10. The topological polar surface area (TPSA) is 0 Å². The van der Waals surface area contributed by atoms with Crippen LogP contribution in [-0.2, 0) is 0 Å². The molecule has 0 aliphatic carbocycles. The van der Waals surface area contributed by atoms with Crippen molar-refractivity contribution >= 4 is 71.8 Å². The Labute approximate surface area is 128 Å². The van der Waals surface area contributed by atoms with Crippen molar-refractivity contribution in [3.63, 3.8) is 0 Å². The Kier molecular flexibility index (Phi) is 9.78. The number of hydrogen-bond donors (Lipinski definition) is 0. The number of rotatable bonds is 8. The summed E-state index contributed by atoms with van der Waals surface area (Å²) in [5.74, 6) is 0. The maximum Gasteiger partial charge on any atom is 0.200 e. The van der Waals surface area contributed by atoms with E-state index in [0.717, 1.165) is 0 Å². The van der Waals surface area contributed by atoms with Crippen molar-refractivity contribution in [1.29, 1.82) is 0 Å². The molecule has 0 saturated heterocycles. The zero-order valence-corrected chi connectivity index (χ0v) is 17.8. The minimum atomic E-state index is -1.32. The van der Waals surface area contributed by atoms with E-state index in [2.05, 4.69) is 75.0 Å². The molecular formula is C9H20Br4Si2. The van der Waals surface area contributed by atoms with Crippen LogP contribution in [0.1, 0.15) is 39.5 Å². The van der Waals surface area contributed by atoms with E-state index in [-0.39, 0.29) is 0 Å². The molecule has 0 aromatic rings. The third-order valence-electron chi connectivity index (χ3n) is 2.31. The lowest BCUT2D eigenvalue weighted by Crippen LogP contribution is -2.30. The minimum Gasteiger partial charge on any atom is -0.111 e. The van der Waals surface area contributed by atoms with E-state index in [9.17, 15) is 0 Å². The second-order valence-corrected chi connectivity index (χ2v) is 34.5. The fourth-order valence-corrected chi connectivity index (χ4v) is 41.7. The summed E-state index contributed by atoms with van der Waals surface area (Å²) < 4.78 is 0. The molecule has 0 aliphatic heterocycles. The molecule has 0 aliphatic rings. The Hall–Kier alpha value is 2.35. The van der Waals surface area contributed by atoms with E-state index < -0.39 is 10.6 Å². The van der Waals surface area contributed by atoms with Gasteiger partial charge in [0.1, 0.15) is 0 Å². The lowest BCUT2D eigenvalue weighted by molar-refractivity contribution is 0.872. The molecule has 0 atom stereocenters. The van der Waals surface area contributed by atoms with Gasteiger partial charge >= 0.3 is 0 Å². The van der Waals surface area contributed by atoms with E-state index in [1.807, 2.05) is 0 Å². The van der Waals surface area contributed by atoms with Crippen LogP contribution in [0.2, 0.25) is 17.8 Å². The lowest BCUT2D eigenvalue weighted by Gasteiger charge is -2.25. The summed E-state index contributed by atoms with van der Waals surface area (Å²) >= 11 is 15.8. The second kappa shape index (κ2) is 8.45. The molecule has 0 amide bonds. The van der Waals surface area contributed by atoms with Crippen molar-refractivity contribution in [3.8, 4) is 0 Å². The van der Waals surface area contributed by atoms with Crippen LogP contribution in [0.5, 0.6) is 0 Å². The average molecular weight is 504 g/mol. The van der Waals surface area contributed by atoms with Crippen LogP contribution in [0, 0.1) is 0 Å². The van der Waals surface area contributed by atoms with E-state index >= 15 is 0 Å². The van der Waals surface area contributed by atoms with Gasteiger partial charge in [-0.3, -0.25) is 0 Å². The van der Waals surface area contributed by atoms with Crippen molar-refractivity contribution in [2.24, 2.45) is 0 Å². The largest absolute Gasteiger partial charge is 0.200 e. The summed E-state index contributed by atoms with van der Waals surface area (Å²) in [6.45, 7) is 4.52. The maximum atomic E-state index is 3.94. The van der Waals surface area contributed by atoms with Crippen molar-refractivity contribution in [2.75, 3.05) is 0 Å². The predicted octanol–water partition coefficient (Wildman–Crippen LogP) is 6.59. The van der Waals surface area contributed by atoms with Crippen LogP contribution in [0.15, 0.2) is 0 Å².